The van der Waals surface area contributed by atoms with Gasteiger partial charge in [0.25, 0.3) is 0 Å². The van der Waals surface area contributed by atoms with E-state index in [1.165, 1.54) is 40.6 Å². The predicted octanol–water partition coefficient (Wildman–Crippen LogP) is 1.60. The number of nitrogens with zero attached hydrogens (tertiary/aromatic N) is 2. The maximum Gasteiger partial charge on any atom is 0.356 e. The number of carbonyl (C=O) groups is 3. The molecule has 31 heavy (non-hydrogen) atoms. The molecule has 1 unspecified atom stereocenters. The van der Waals surface area contributed by atoms with Crippen LogP contribution >= 0.6 is 0 Å². The van der Waals surface area contributed by atoms with Gasteiger partial charge in [-0.2, -0.15) is 5.01 Å². The van der Waals surface area contributed by atoms with E-state index < -0.39 is 23.5 Å². The molecule has 1 saturated heterocycles. The SMILES string of the molecule is COC(=O)C1=C(C(=O)OC)N2C(=O)CC(C)(C)N2C1c1c(OC)cc(OC)cc1OC. The molecule has 0 saturated carbocycles. The summed E-state index contributed by atoms with van der Waals surface area (Å²) in [4.78, 5) is 38.6. The average Bonchev–Trinajstić information content (AvgIpc) is 3.24. The monoisotopic (exact) mass is 434 g/mol. The first-order valence-corrected chi connectivity index (χ1v) is 9.49. The molecule has 0 aromatic heterocycles. The topological polar surface area (TPSA) is 104 Å². The number of benzene rings is 1. The molecule has 168 valence electrons. The van der Waals surface area contributed by atoms with Gasteiger partial charge in [-0.25, -0.2) is 14.6 Å². The number of methoxy groups -OCH3 is 5. The highest BCUT2D eigenvalue weighted by Gasteiger charge is 2.59. The van der Waals surface area contributed by atoms with E-state index in [0.717, 1.165) is 0 Å². The minimum Gasteiger partial charge on any atom is -0.496 e. The van der Waals surface area contributed by atoms with Gasteiger partial charge in [-0.3, -0.25) is 4.79 Å². The van der Waals surface area contributed by atoms with E-state index in [1.54, 1.807) is 17.1 Å². The van der Waals surface area contributed by atoms with Crippen LogP contribution in [0.25, 0.3) is 0 Å². The summed E-state index contributed by atoms with van der Waals surface area (Å²) in [5, 5.41) is 2.87. The number of amides is 1. The maximum atomic E-state index is 13.0. The van der Waals surface area contributed by atoms with Crippen LogP contribution in [0, 0.1) is 0 Å². The van der Waals surface area contributed by atoms with Crippen LogP contribution in [0.15, 0.2) is 23.4 Å². The number of hydrogen-bond donors (Lipinski definition) is 0. The van der Waals surface area contributed by atoms with Gasteiger partial charge in [0.1, 0.15) is 17.2 Å². The van der Waals surface area contributed by atoms with Crippen molar-refractivity contribution >= 4 is 17.8 Å². The summed E-state index contributed by atoms with van der Waals surface area (Å²) < 4.78 is 26.4. The quantitative estimate of drug-likeness (QED) is 0.618. The molecule has 1 aromatic carbocycles. The molecular weight excluding hydrogens is 408 g/mol. The van der Waals surface area contributed by atoms with Crippen molar-refractivity contribution in [3.05, 3.63) is 29.0 Å². The molecule has 1 fully saturated rings. The van der Waals surface area contributed by atoms with E-state index in [-0.39, 0.29) is 23.6 Å². The zero-order chi connectivity index (χ0) is 23.1. The highest BCUT2D eigenvalue weighted by molar-refractivity contribution is 6.05. The van der Waals surface area contributed by atoms with Crippen LogP contribution in [0.1, 0.15) is 31.9 Å². The van der Waals surface area contributed by atoms with Gasteiger partial charge in [0, 0.05) is 24.1 Å². The Morgan fingerprint density at radius 2 is 1.48 bits per heavy atom. The number of ether oxygens (including phenoxy) is 5. The molecule has 1 atom stereocenters. The molecule has 2 heterocycles. The molecular formula is C21H26N2O8. The van der Waals surface area contributed by atoms with Crippen LogP contribution in [0.2, 0.25) is 0 Å². The first kappa shape index (κ1) is 22.4. The molecule has 0 bridgehead atoms. The lowest BCUT2D eigenvalue weighted by atomic mass is 9.91. The second-order valence-corrected chi connectivity index (χ2v) is 7.63. The number of carbonyl (C=O) groups excluding carboxylic acids is 3. The Hall–Kier alpha value is -3.27. The van der Waals surface area contributed by atoms with Crippen molar-refractivity contribution < 1.29 is 38.1 Å². The van der Waals surface area contributed by atoms with Gasteiger partial charge in [0.2, 0.25) is 5.91 Å². The number of rotatable bonds is 6. The van der Waals surface area contributed by atoms with E-state index in [1.807, 2.05) is 13.8 Å². The van der Waals surface area contributed by atoms with Crippen molar-refractivity contribution in [3.63, 3.8) is 0 Å². The number of hydrogen-bond acceptors (Lipinski definition) is 9. The lowest BCUT2D eigenvalue weighted by Crippen LogP contribution is -2.45. The van der Waals surface area contributed by atoms with E-state index >= 15 is 0 Å². The molecule has 2 aliphatic rings. The average molecular weight is 434 g/mol. The van der Waals surface area contributed by atoms with Crippen LogP contribution in [-0.4, -0.2) is 69.0 Å². The summed E-state index contributed by atoms with van der Waals surface area (Å²) in [6.07, 6.45) is 0.124. The zero-order valence-corrected chi connectivity index (χ0v) is 18.6. The van der Waals surface area contributed by atoms with Gasteiger partial charge >= 0.3 is 11.9 Å². The summed E-state index contributed by atoms with van der Waals surface area (Å²) in [6, 6.07) is 2.36. The molecule has 0 radical (unpaired) electrons. The first-order valence-electron chi connectivity index (χ1n) is 9.49. The van der Waals surface area contributed by atoms with Crippen molar-refractivity contribution in [2.75, 3.05) is 35.5 Å². The summed E-state index contributed by atoms with van der Waals surface area (Å²) >= 11 is 0. The lowest BCUT2D eigenvalue weighted by molar-refractivity contribution is -0.147. The molecule has 10 nitrogen and oxygen atoms in total. The highest BCUT2D eigenvalue weighted by atomic mass is 16.5. The standard InChI is InChI=1S/C21H26N2O8/c1-21(2)10-14(24)22-18(20(26)31-7)16(19(25)30-6)17(23(21)22)15-12(28-4)8-11(27-3)9-13(15)29-5/h8-9,17H,10H2,1-7H3. The van der Waals surface area contributed by atoms with E-state index in [2.05, 4.69) is 0 Å². The van der Waals surface area contributed by atoms with Crippen LogP contribution in [0.3, 0.4) is 0 Å². The number of fused-ring (bicyclic) bond motifs is 1. The van der Waals surface area contributed by atoms with Gasteiger partial charge in [-0.15, -0.1) is 0 Å². The highest BCUT2D eigenvalue weighted by Crippen LogP contribution is 2.54. The van der Waals surface area contributed by atoms with Gasteiger partial charge in [0.05, 0.1) is 52.7 Å². The zero-order valence-electron chi connectivity index (χ0n) is 18.6. The molecule has 2 aliphatic heterocycles. The Morgan fingerprint density at radius 1 is 0.935 bits per heavy atom. The van der Waals surface area contributed by atoms with Crippen molar-refractivity contribution in [3.8, 4) is 17.2 Å². The molecule has 10 heteroatoms. The molecule has 1 aromatic rings. The molecule has 3 rings (SSSR count). The van der Waals surface area contributed by atoms with E-state index in [9.17, 15) is 14.4 Å². The van der Waals surface area contributed by atoms with Gasteiger partial charge in [0.15, 0.2) is 5.70 Å². The predicted molar refractivity (Wildman–Crippen MR) is 107 cm³/mol. The second kappa shape index (κ2) is 8.10. The normalized spacial score (nSPS) is 19.9. The summed E-state index contributed by atoms with van der Waals surface area (Å²) in [7, 11) is 6.82. The van der Waals surface area contributed by atoms with Crippen molar-refractivity contribution in [2.24, 2.45) is 0 Å². The van der Waals surface area contributed by atoms with Crippen molar-refractivity contribution in [1.29, 1.82) is 0 Å². The lowest BCUT2D eigenvalue weighted by Gasteiger charge is -2.37. The Bertz CT molecular complexity index is 943. The van der Waals surface area contributed by atoms with Gasteiger partial charge in [-0.05, 0) is 13.8 Å². The maximum absolute atomic E-state index is 13.0. The Kier molecular flexibility index (Phi) is 5.86. The molecule has 0 N–H and O–H groups in total. The molecule has 0 aliphatic carbocycles. The van der Waals surface area contributed by atoms with E-state index in [4.69, 9.17) is 23.7 Å². The summed E-state index contributed by atoms with van der Waals surface area (Å²) in [5.74, 6) is -0.775. The number of esters is 2. The first-order chi connectivity index (χ1) is 14.7. The third-order valence-corrected chi connectivity index (χ3v) is 5.45. The largest absolute Gasteiger partial charge is 0.496 e. The summed E-state index contributed by atoms with van der Waals surface area (Å²) in [5.41, 5.74) is -0.530. The van der Waals surface area contributed by atoms with Crippen molar-refractivity contribution in [2.45, 2.75) is 31.8 Å². The number of hydrazine groups is 1. The fraction of sp³-hybridized carbons (Fsp3) is 0.476. The second-order valence-electron chi connectivity index (χ2n) is 7.63. The third kappa shape index (κ3) is 3.36. The Morgan fingerprint density at radius 3 is 1.94 bits per heavy atom. The Labute approximate surface area is 180 Å². The third-order valence-electron chi connectivity index (χ3n) is 5.45. The van der Waals surface area contributed by atoms with E-state index in [0.29, 0.717) is 22.8 Å². The smallest absolute Gasteiger partial charge is 0.356 e. The van der Waals surface area contributed by atoms with Crippen LogP contribution < -0.4 is 14.2 Å². The molecule has 0 spiro atoms. The fourth-order valence-corrected chi connectivity index (χ4v) is 4.16. The van der Waals surface area contributed by atoms with Gasteiger partial charge < -0.3 is 23.7 Å². The minimum atomic E-state index is -0.918. The Balaban J connectivity index is 2.41. The summed E-state index contributed by atoms with van der Waals surface area (Å²) in [6.45, 7) is 3.69. The van der Waals surface area contributed by atoms with Crippen LogP contribution in [0.4, 0.5) is 0 Å². The van der Waals surface area contributed by atoms with Gasteiger partial charge in [-0.1, -0.05) is 0 Å². The molecule has 1 amide bonds. The fourth-order valence-electron chi connectivity index (χ4n) is 4.16. The minimum absolute atomic E-state index is 0.0442. The van der Waals surface area contributed by atoms with Crippen LogP contribution in [-0.2, 0) is 23.9 Å². The van der Waals surface area contributed by atoms with Crippen LogP contribution in [0.5, 0.6) is 17.2 Å². The van der Waals surface area contributed by atoms with Crippen molar-refractivity contribution in [1.82, 2.24) is 10.0 Å².